The largest absolute Gasteiger partial charge is 0.356 e. The van der Waals surface area contributed by atoms with Crippen molar-refractivity contribution in [3.8, 4) is 0 Å². The molecular weight excluding hydrogens is 334 g/mol. The summed E-state index contributed by atoms with van der Waals surface area (Å²) in [5, 5.41) is 9.86. The normalized spacial score (nSPS) is 22.3. The summed E-state index contributed by atoms with van der Waals surface area (Å²) in [4.78, 5) is 12.1. The smallest absolute Gasteiger partial charge is 0.221 e. The summed E-state index contributed by atoms with van der Waals surface area (Å²) >= 11 is 0. The number of hydrogen-bond donors (Lipinski definition) is 3. The average Bonchev–Trinajstić information content (AvgIpc) is 2.60. The Morgan fingerprint density at radius 2 is 1.68 bits per heavy atom. The summed E-state index contributed by atoms with van der Waals surface area (Å²) < 4.78 is 12.4. The first-order valence-electron chi connectivity index (χ1n) is 10.3. The molecule has 1 amide bonds. The van der Waals surface area contributed by atoms with Crippen molar-refractivity contribution in [2.24, 2.45) is 0 Å². The fraction of sp³-hybridized carbons (Fsp3) is 0.947. The molecule has 6 heteroatoms. The van der Waals surface area contributed by atoms with Crippen LogP contribution in [-0.2, 0) is 15.6 Å². The molecule has 0 spiro atoms. The minimum atomic E-state index is -0.832. The molecule has 1 fully saturated rings. The summed E-state index contributed by atoms with van der Waals surface area (Å²) in [7, 11) is -0.832. The predicted octanol–water partition coefficient (Wildman–Crippen LogP) is 2.33. The van der Waals surface area contributed by atoms with E-state index >= 15 is 0 Å². The van der Waals surface area contributed by atoms with Gasteiger partial charge < -0.3 is 16.0 Å². The van der Waals surface area contributed by atoms with Crippen molar-refractivity contribution < 1.29 is 9.00 Å². The second kappa shape index (κ2) is 15.8. The van der Waals surface area contributed by atoms with Crippen LogP contribution in [0.4, 0.5) is 0 Å². The van der Waals surface area contributed by atoms with E-state index in [9.17, 15) is 9.00 Å². The number of hydrogen-bond acceptors (Lipinski definition) is 4. The molecule has 1 heterocycles. The Kier molecular flexibility index (Phi) is 14.2. The fourth-order valence-corrected chi connectivity index (χ4v) is 4.46. The molecule has 0 aromatic carbocycles. The highest BCUT2D eigenvalue weighted by molar-refractivity contribution is 7.85. The van der Waals surface area contributed by atoms with Gasteiger partial charge in [-0.25, -0.2) is 0 Å². The first-order valence-corrected chi connectivity index (χ1v) is 11.8. The summed E-state index contributed by atoms with van der Waals surface area (Å²) in [6.07, 6.45) is 10.9. The molecule has 1 rings (SSSR count). The van der Waals surface area contributed by atoms with E-state index in [-0.39, 0.29) is 11.9 Å². The molecule has 5 nitrogen and oxygen atoms in total. The quantitative estimate of drug-likeness (QED) is 0.543. The number of carbonyl (C=O) groups is 1. The van der Waals surface area contributed by atoms with Crippen molar-refractivity contribution in [1.82, 2.24) is 16.0 Å². The van der Waals surface area contributed by atoms with E-state index in [1.807, 2.05) is 0 Å². The number of carbonyl (C=O) groups excluding carboxylic acids is 1. The second-order valence-corrected chi connectivity index (χ2v) is 8.72. The molecule has 3 N–H and O–H groups in total. The molecule has 0 aromatic rings. The number of nitrogens with one attached hydrogen (secondary N) is 3. The van der Waals surface area contributed by atoms with Gasteiger partial charge in [-0.15, -0.1) is 0 Å². The minimum absolute atomic E-state index is 0.0293. The third-order valence-electron chi connectivity index (χ3n) is 4.61. The zero-order valence-corrected chi connectivity index (χ0v) is 16.9. The van der Waals surface area contributed by atoms with Crippen LogP contribution in [0, 0.1) is 0 Å². The molecular formula is C19H39N3O2S. The van der Waals surface area contributed by atoms with Gasteiger partial charge in [0.05, 0.1) is 0 Å². The summed E-state index contributed by atoms with van der Waals surface area (Å²) in [5.74, 6) is 1.45. The van der Waals surface area contributed by atoms with Crippen molar-refractivity contribution in [1.29, 1.82) is 0 Å². The van der Waals surface area contributed by atoms with Crippen LogP contribution in [0.5, 0.6) is 0 Å². The van der Waals surface area contributed by atoms with E-state index in [2.05, 4.69) is 22.9 Å². The van der Waals surface area contributed by atoms with E-state index in [0.717, 1.165) is 57.6 Å². The lowest BCUT2D eigenvalue weighted by Gasteiger charge is -2.18. The van der Waals surface area contributed by atoms with E-state index in [1.54, 1.807) is 0 Å². The van der Waals surface area contributed by atoms with Gasteiger partial charge in [0.25, 0.3) is 0 Å². The molecule has 148 valence electrons. The van der Waals surface area contributed by atoms with Gasteiger partial charge >= 0.3 is 0 Å². The maximum atomic E-state index is 12.4. The first-order chi connectivity index (χ1) is 12.2. The molecule has 25 heavy (non-hydrogen) atoms. The van der Waals surface area contributed by atoms with Crippen LogP contribution < -0.4 is 16.0 Å². The Morgan fingerprint density at radius 3 is 2.52 bits per heavy atom. The summed E-state index contributed by atoms with van der Waals surface area (Å²) in [6.45, 7) is 5.86. The monoisotopic (exact) mass is 373 g/mol. The van der Waals surface area contributed by atoms with Crippen molar-refractivity contribution in [2.45, 2.75) is 77.2 Å². The molecule has 1 saturated heterocycles. The zero-order valence-electron chi connectivity index (χ0n) is 16.1. The van der Waals surface area contributed by atoms with Crippen molar-refractivity contribution >= 4 is 16.7 Å². The van der Waals surface area contributed by atoms with Gasteiger partial charge in [0.15, 0.2) is 0 Å². The van der Waals surface area contributed by atoms with E-state index in [4.69, 9.17) is 0 Å². The van der Waals surface area contributed by atoms with Crippen molar-refractivity contribution in [2.75, 3.05) is 37.7 Å². The van der Waals surface area contributed by atoms with Gasteiger partial charge in [0.2, 0.25) is 5.91 Å². The van der Waals surface area contributed by atoms with Crippen LogP contribution in [0.15, 0.2) is 0 Å². The standard InChI is InChI=1S/C19H39N3O2S/c1-2-3-4-5-6-9-15-25(24)17-18-16-19(23)22-13-8-7-11-20-12-10-14-21-18/h18,20-21H,2-17H2,1H3,(H,22,23). The van der Waals surface area contributed by atoms with E-state index in [1.165, 1.54) is 32.1 Å². The highest BCUT2D eigenvalue weighted by Gasteiger charge is 2.16. The van der Waals surface area contributed by atoms with Crippen LogP contribution in [0.25, 0.3) is 0 Å². The summed E-state index contributed by atoms with van der Waals surface area (Å²) in [6, 6.07) is 0.0293. The molecule has 0 aromatic heterocycles. The van der Waals surface area contributed by atoms with Crippen molar-refractivity contribution in [3.63, 3.8) is 0 Å². The van der Waals surface area contributed by atoms with Crippen LogP contribution in [0.1, 0.15) is 71.1 Å². The van der Waals surface area contributed by atoms with Crippen LogP contribution in [0.2, 0.25) is 0 Å². The number of unbranched alkanes of at least 4 members (excludes halogenated alkanes) is 5. The van der Waals surface area contributed by atoms with Gasteiger partial charge in [-0.1, -0.05) is 39.0 Å². The third kappa shape index (κ3) is 13.4. The van der Waals surface area contributed by atoms with Crippen LogP contribution in [-0.4, -0.2) is 53.8 Å². The highest BCUT2D eigenvalue weighted by Crippen LogP contribution is 2.06. The third-order valence-corrected chi connectivity index (χ3v) is 6.13. The molecule has 0 radical (unpaired) electrons. The van der Waals surface area contributed by atoms with Crippen LogP contribution >= 0.6 is 0 Å². The lowest BCUT2D eigenvalue weighted by Crippen LogP contribution is -2.40. The second-order valence-electron chi connectivity index (χ2n) is 7.09. The fourth-order valence-electron chi connectivity index (χ4n) is 3.08. The van der Waals surface area contributed by atoms with Crippen LogP contribution in [0.3, 0.4) is 0 Å². The topological polar surface area (TPSA) is 70.2 Å². The molecule has 1 aliphatic rings. The SMILES string of the molecule is CCCCCCCCS(=O)CC1CC(=O)NCCCCNCCCN1. The molecule has 0 aliphatic carbocycles. The molecule has 2 atom stereocenters. The first kappa shape index (κ1) is 22.6. The van der Waals surface area contributed by atoms with E-state index in [0.29, 0.717) is 12.2 Å². The summed E-state index contributed by atoms with van der Waals surface area (Å²) in [5.41, 5.74) is 0. The van der Waals surface area contributed by atoms with Crippen molar-refractivity contribution in [3.05, 3.63) is 0 Å². The Balaban J connectivity index is 2.29. The van der Waals surface area contributed by atoms with Gasteiger partial charge in [0, 0.05) is 41.3 Å². The van der Waals surface area contributed by atoms with Gasteiger partial charge in [0.1, 0.15) is 0 Å². The Hall–Kier alpha value is -0.460. The number of amides is 1. The Morgan fingerprint density at radius 1 is 0.960 bits per heavy atom. The molecule has 0 saturated carbocycles. The average molecular weight is 374 g/mol. The predicted molar refractivity (Wildman–Crippen MR) is 107 cm³/mol. The maximum Gasteiger partial charge on any atom is 0.221 e. The molecule has 0 bridgehead atoms. The lowest BCUT2D eigenvalue weighted by molar-refractivity contribution is -0.121. The van der Waals surface area contributed by atoms with Gasteiger partial charge in [-0.05, 0) is 45.3 Å². The minimum Gasteiger partial charge on any atom is -0.356 e. The van der Waals surface area contributed by atoms with Gasteiger partial charge in [-0.2, -0.15) is 0 Å². The maximum absolute atomic E-state index is 12.4. The molecule has 1 aliphatic heterocycles. The Bertz CT molecular complexity index is 367. The zero-order chi connectivity index (χ0) is 18.2. The molecule has 2 unspecified atom stereocenters. The van der Waals surface area contributed by atoms with Gasteiger partial charge in [-0.3, -0.25) is 9.00 Å². The number of rotatable bonds is 9. The Labute approximate surface area is 156 Å². The lowest BCUT2D eigenvalue weighted by atomic mass is 10.1. The van der Waals surface area contributed by atoms with E-state index < -0.39 is 10.8 Å². The highest BCUT2D eigenvalue weighted by atomic mass is 32.2.